The molecule has 2 aromatic carbocycles. The molecule has 1 heterocycles. The number of ether oxygens (including phenoxy) is 2. The van der Waals surface area contributed by atoms with E-state index in [0.29, 0.717) is 16.7 Å². The zero-order valence-electron chi connectivity index (χ0n) is 17.1. The highest BCUT2D eigenvalue weighted by molar-refractivity contribution is 6.06. The molecule has 3 rings (SSSR count). The summed E-state index contributed by atoms with van der Waals surface area (Å²) in [5.74, 6) is -1.81. The lowest BCUT2D eigenvalue weighted by Crippen LogP contribution is -2.34. The molecule has 0 radical (unpaired) electrons. The van der Waals surface area contributed by atoms with Gasteiger partial charge in [0, 0.05) is 6.54 Å². The average Bonchev–Trinajstić information content (AvgIpc) is 2.77. The Balaban J connectivity index is 1.52. The molecule has 9 nitrogen and oxygen atoms in total. The molecule has 9 heteroatoms. The van der Waals surface area contributed by atoms with Crippen molar-refractivity contribution in [2.75, 3.05) is 13.7 Å². The molecule has 0 aliphatic heterocycles. The van der Waals surface area contributed by atoms with Crippen LogP contribution in [0, 0.1) is 6.92 Å². The minimum Gasteiger partial charge on any atom is -0.496 e. The molecular formula is C22H21N3O6. The Labute approximate surface area is 177 Å². The fourth-order valence-electron chi connectivity index (χ4n) is 2.99. The molecule has 1 aromatic heterocycles. The zero-order valence-corrected chi connectivity index (χ0v) is 17.1. The summed E-state index contributed by atoms with van der Waals surface area (Å²) in [5.41, 5.74) is 1.42. The van der Waals surface area contributed by atoms with Gasteiger partial charge in [0.25, 0.3) is 17.4 Å². The number of carbonyl (C=O) groups excluding carboxylic acids is 3. The van der Waals surface area contributed by atoms with Gasteiger partial charge in [0.2, 0.25) is 0 Å². The fraction of sp³-hybridized carbons (Fsp3) is 0.227. The number of carbonyl (C=O) groups is 3. The van der Waals surface area contributed by atoms with Crippen LogP contribution < -0.4 is 15.6 Å². The van der Waals surface area contributed by atoms with Crippen LogP contribution in [0.25, 0.3) is 10.9 Å². The molecule has 2 amide bonds. The van der Waals surface area contributed by atoms with Gasteiger partial charge in [-0.15, -0.1) is 0 Å². The number of nitrogens with zero attached hydrogens (tertiary/aromatic N) is 2. The van der Waals surface area contributed by atoms with Gasteiger partial charge in [-0.1, -0.05) is 24.3 Å². The smallest absolute Gasteiger partial charge is 0.308 e. The minimum atomic E-state index is -0.774. The monoisotopic (exact) mass is 423 g/mol. The van der Waals surface area contributed by atoms with Crippen LogP contribution in [0.2, 0.25) is 0 Å². The van der Waals surface area contributed by atoms with Crippen molar-refractivity contribution in [2.24, 2.45) is 0 Å². The van der Waals surface area contributed by atoms with Gasteiger partial charge in [-0.3, -0.25) is 29.1 Å². The SMILES string of the molecule is COc1ccccc1C(=O)NC(=O)COC(=O)CCn1cnc2c(C)cccc2c1=O. The Kier molecular flexibility index (Phi) is 6.76. The zero-order chi connectivity index (χ0) is 22.4. The summed E-state index contributed by atoms with van der Waals surface area (Å²) in [7, 11) is 1.41. The van der Waals surface area contributed by atoms with Crippen LogP contribution in [0.5, 0.6) is 5.75 Å². The van der Waals surface area contributed by atoms with E-state index >= 15 is 0 Å². The lowest BCUT2D eigenvalue weighted by Gasteiger charge is -2.09. The first-order valence-corrected chi connectivity index (χ1v) is 9.48. The molecule has 1 N–H and O–H groups in total. The number of para-hydroxylation sites is 2. The van der Waals surface area contributed by atoms with Gasteiger partial charge in [0.15, 0.2) is 6.61 Å². The Morgan fingerprint density at radius 3 is 2.65 bits per heavy atom. The number of nitrogens with one attached hydrogen (secondary N) is 1. The van der Waals surface area contributed by atoms with Crippen LogP contribution in [0.3, 0.4) is 0 Å². The molecule has 0 saturated carbocycles. The molecule has 0 aliphatic carbocycles. The van der Waals surface area contributed by atoms with Crippen molar-refractivity contribution in [3.05, 3.63) is 70.3 Å². The molecule has 31 heavy (non-hydrogen) atoms. The number of rotatable bonds is 7. The van der Waals surface area contributed by atoms with Crippen LogP contribution in [0.1, 0.15) is 22.3 Å². The van der Waals surface area contributed by atoms with Gasteiger partial charge in [-0.2, -0.15) is 0 Å². The number of benzene rings is 2. The van der Waals surface area contributed by atoms with Crippen molar-refractivity contribution in [3.8, 4) is 5.75 Å². The molecular weight excluding hydrogens is 402 g/mol. The predicted octanol–water partition coefficient (Wildman–Crippen LogP) is 1.60. The third-order valence-electron chi connectivity index (χ3n) is 4.58. The van der Waals surface area contributed by atoms with Crippen LogP contribution in [-0.4, -0.2) is 41.1 Å². The summed E-state index contributed by atoms with van der Waals surface area (Å²) in [6, 6.07) is 11.7. The van der Waals surface area contributed by atoms with Crippen LogP contribution >= 0.6 is 0 Å². The Morgan fingerprint density at radius 2 is 1.87 bits per heavy atom. The summed E-state index contributed by atoms with van der Waals surface area (Å²) in [6.45, 7) is 1.29. The lowest BCUT2D eigenvalue weighted by molar-refractivity contribution is -0.148. The number of methoxy groups -OCH3 is 1. The number of fused-ring (bicyclic) bond motifs is 1. The molecule has 0 saturated heterocycles. The number of aryl methyl sites for hydroxylation is 2. The van der Waals surface area contributed by atoms with Crippen molar-refractivity contribution >= 4 is 28.7 Å². The summed E-state index contributed by atoms with van der Waals surface area (Å²) in [5, 5.41) is 2.60. The maximum absolute atomic E-state index is 12.5. The first kappa shape index (κ1) is 21.7. The highest BCUT2D eigenvalue weighted by Crippen LogP contribution is 2.16. The Hall–Kier alpha value is -4.01. The first-order valence-electron chi connectivity index (χ1n) is 9.48. The average molecular weight is 423 g/mol. The second-order valence-corrected chi connectivity index (χ2v) is 6.70. The highest BCUT2D eigenvalue weighted by atomic mass is 16.5. The quantitative estimate of drug-likeness (QED) is 0.574. The van der Waals surface area contributed by atoms with Gasteiger partial charge in [-0.25, -0.2) is 4.98 Å². The standard InChI is InChI=1S/C22H21N3O6/c1-14-6-5-8-16-20(14)23-13-25(22(16)29)11-10-19(27)31-12-18(26)24-21(28)15-7-3-4-9-17(15)30-2/h3-9,13H,10-12H2,1-2H3,(H,24,26,28). The first-order chi connectivity index (χ1) is 14.9. The highest BCUT2D eigenvalue weighted by Gasteiger charge is 2.16. The van der Waals surface area contributed by atoms with Crippen LogP contribution in [0.15, 0.2) is 53.6 Å². The van der Waals surface area contributed by atoms with E-state index in [1.54, 1.807) is 30.3 Å². The molecule has 160 valence electrons. The van der Waals surface area contributed by atoms with Crippen molar-refractivity contribution in [2.45, 2.75) is 19.9 Å². The number of hydrogen-bond acceptors (Lipinski definition) is 7. The number of hydrogen-bond donors (Lipinski definition) is 1. The third-order valence-corrected chi connectivity index (χ3v) is 4.58. The number of esters is 1. The van der Waals surface area contributed by atoms with Crippen molar-refractivity contribution in [3.63, 3.8) is 0 Å². The predicted molar refractivity (Wildman–Crippen MR) is 112 cm³/mol. The Bertz CT molecular complexity index is 1200. The molecule has 0 atom stereocenters. The van der Waals surface area contributed by atoms with Gasteiger partial charge in [0.1, 0.15) is 5.75 Å². The van der Waals surface area contributed by atoms with Crippen molar-refractivity contribution in [1.82, 2.24) is 14.9 Å². The molecule has 0 unspecified atom stereocenters. The van der Waals surface area contributed by atoms with E-state index in [2.05, 4.69) is 10.3 Å². The second kappa shape index (κ2) is 9.66. The number of aromatic nitrogens is 2. The van der Waals surface area contributed by atoms with Crippen molar-refractivity contribution < 1.29 is 23.9 Å². The third kappa shape index (κ3) is 5.13. The van der Waals surface area contributed by atoms with Gasteiger partial charge in [-0.05, 0) is 30.7 Å². The Morgan fingerprint density at radius 1 is 1.10 bits per heavy atom. The minimum absolute atomic E-state index is 0.0519. The van der Waals surface area contributed by atoms with E-state index in [0.717, 1.165) is 5.56 Å². The van der Waals surface area contributed by atoms with E-state index < -0.39 is 24.4 Å². The topological polar surface area (TPSA) is 117 Å². The maximum atomic E-state index is 12.5. The van der Waals surface area contributed by atoms with E-state index in [4.69, 9.17) is 9.47 Å². The van der Waals surface area contributed by atoms with Gasteiger partial charge >= 0.3 is 5.97 Å². The number of amides is 2. The van der Waals surface area contributed by atoms with Crippen molar-refractivity contribution in [1.29, 1.82) is 0 Å². The maximum Gasteiger partial charge on any atom is 0.308 e. The van der Waals surface area contributed by atoms with E-state index in [-0.39, 0.29) is 24.1 Å². The van der Waals surface area contributed by atoms with E-state index in [1.165, 1.54) is 24.1 Å². The second-order valence-electron chi connectivity index (χ2n) is 6.70. The summed E-state index contributed by atoms with van der Waals surface area (Å²) < 4.78 is 11.3. The normalized spacial score (nSPS) is 10.5. The van der Waals surface area contributed by atoms with E-state index in [1.807, 2.05) is 13.0 Å². The van der Waals surface area contributed by atoms with Gasteiger partial charge < -0.3 is 9.47 Å². The number of imide groups is 1. The summed E-state index contributed by atoms with van der Waals surface area (Å²) >= 11 is 0. The summed E-state index contributed by atoms with van der Waals surface area (Å²) in [4.78, 5) is 52.8. The fourth-order valence-corrected chi connectivity index (χ4v) is 2.99. The molecule has 0 spiro atoms. The largest absolute Gasteiger partial charge is 0.496 e. The van der Waals surface area contributed by atoms with Crippen LogP contribution in [-0.2, 0) is 20.9 Å². The molecule has 0 aliphatic rings. The molecule has 0 bridgehead atoms. The van der Waals surface area contributed by atoms with Crippen LogP contribution in [0.4, 0.5) is 0 Å². The van der Waals surface area contributed by atoms with E-state index in [9.17, 15) is 19.2 Å². The lowest BCUT2D eigenvalue weighted by atomic mass is 10.1. The van der Waals surface area contributed by atoms with Gasteiger partial charge in [0.05, 0.1) is 36.3 Å². The molecule has 0 fully saturated rings. The molecule has 3 aromatic rings. The summed E-state index contributed by atoms with van der Waals surface area (Å²) in [6.07, 6.45) is 1.25.